The maximum atomic E-state index is 11.9. The van der Waals surface area contributed by atoms with Gasteiger partial charge < -0.3 is 9.47 Å². The molecule has 0 heterocycles. The van der Waals surface area contributed by atoms with Crippen LogP contribution in [-0.4, -0.2) is 26.1 Å². The van der Waals surface area contributed by atoms with Crippen molar-refractivity contribution in [1.29, 1.82) is 0 Å². The van der Waals surface area contributed by atoms with Crippen LogP contribution in [0.15, 0.2) is 24.3 Å². The highest BCUT2D eigenvalue weighted by atomic mass is 16.5. The minimum atomic E-state index is -0.0288. The maximum absolute atomic E-state index is 11.9. The van der Waals surface area contributed by atoms with Crippen LogP contribution < -0.4 is 4.74 Å². The summed E-state index contributed by atoms with van der Waals surface area (Å²) in [5.41, 5.74) is 0.588. The van der Waals surface area contributed by atoms with Crippen molar-refractivity contribution >= 4 is 5.78 Å². The van der Waals surface area contributed by atoms with Crippen LogP contribution in [0.2, 0.25) is 0 Å². The van der Waals surface area contributed by atoms with Crippen molar-refractivity contribution in [3.8, 4) is 5.75 Å². The van der Waals surface area contributed by atoms with E-state index in [9.17, 15) is 4.79 Å². The fourth-order valence-corrected chi connectivity index (χ4v) is 1.57. The van der Waals surface area contributed by atoms with Crippen molar-refractivity contribution in [2.75, 3.05) is 20.3 Å². The topological polar surface area (TPSA) is 35.5 Å². The molecule has 0 aliphatic heterocycles. The summed E-state index contributed by atoms with van der Waals surface area (Å²) in [6.07, 6.45) is 3.31. The summed E-state index contributed by atoms with van der Waals surface area (Å²) in [6, 6.07) is 7.21. The van der Waals surface area contributed by atoms with Gasteiger partial charge in [-0.05, 0) is 18.6 Å². The molecule has 0 amide bonds. The zero-order valence-electron chi connectivity index (χ0n) is 10.6. The normalized spacial score (nSPS) is 10.2. The lowest BCUT2D eigenvalue weighted by Gasteiger charge is -2.07. The van der Waals surface area contributed by atoms with E-state index in [1.807, 2.05) is 12.1 Å². The van der Waals surface area contributed by atoms with Crippen LogP contribution in [-0.2, 0) is 4.74 Å². The molecule has 0 bridgehead atoms. The lowest BCUT2D eigenvalue weighted by molar-refractivity contribution is 0.0750. The average Bonchev–Trinajstić information content (AvgIpc) is 2.38. The third-order valence-corrected chi connectivity index (χ3v) is 2.53. The van der Waals surface area contributed by atoms with Crippen molar-refractivity contribution in [2.45, 2.75) is 26.2 Å². The number of benzene rings is 1. The SMILES string of the molecule is CCCCCOCC(=O)c1ccccc1OC. The number of unbranched alkanes of at least 4 members (excludes halogenated alkanes) is 2. The smallest absolute Gasteiger partial charge is 0.192 e. The Morgan fingerprint density at radius 2 is 2.00 bits per heavy atom. The first kappa shape index (κ1) is 13.7. The van der Waals surface area contributed by atoms with Crippen molar-refractivity contribution in [3.63, 3.8) is 0 Å². The number of Topliss-reactive ketones (excluding diaryl/α,β-unsaturated/α-hetero) is 1. The molecule has 0 radical (unpaired) electrons. The Labute approximate surface area is 103 Å². The van der Waals surface area contributed by atoms with Gasteiger partial charge in [0.15, 0.2) is 5.78 Å². The van der Waals surface area contributed by atoms with E-state index in [-0.39, 0.29) is 12.4 Å². The van der Waals surface area contributed by atoms with Gasteiger partial charge in [0, 0.05) is 6.61 Å². The molecule has 3 nitrogen and oxygen atoms in total. The minimum Gasteiger partial charge on any atom is -0.496 e. The van der Waals surface area contributed by atoms with Gasteiger partial charge in [-0.3, -0.25) is 4.79 Å². The van der Waals surface area contributed by atoms with Crippen LogP contribution >= 0.6 is 0 Å². The summed E-state index contributed by atoms with van der Waals surface area (Å²) in [5.74, 6) is 0.577. The lowest BCUT2D eigenvalue weighted by atomic mass is 10.1. The first-order valence-electron chi connectivity index (χ1n) is 6.03. The molecular weight excluding hydrogens is 216 g/mol. The van der Waals surface area contributed by atoms with Gasteiger partial charge in [-0.2, -0.15) is 0 Å². The van der Waals surface area contributed by atoms with E-state index in [1.54, 1.807) is 19.2 Å². The summed E-state index contributed by atoms with van der Waals surface area (Å²) in [7, 11) is 1.56. The predicted molar refractivity (Wildman–Crippen MR) is 67.7 cm³/mol. The summed E-state index contributed by atoms with van der Waals surface area (Å²) >= 11 is 0. The number of rotatable bonds is 8. The number of ether oxygens (including phenoxy) is 2. The molecule has 0 aliphatic rings. The molecule has 0 spiro atoms. The minimum absolute atomic E-state index is 0.0288. The van der Waals surface area contributed by atoms with E-state index in [4.69, 9.17) is 9.47 Å². The predicted octanol–water partition coefficient (Wildman–Crippen LogP) is 3.08. The molecule has 0 saturated heterocycles. The standard InChI is InChI=1S/C14H20O3/c1-3-4-7-10-17-11-13(15)12-8-5-6-9-14(12)16-2/h5-6,8-9H,3-4,7,10-11H2,1-2H3. The second-order valence-corrected chi connectivity index (χ2v) is 3.88. The highest BCUT2D eigenvalue weighted by Gasteiger charge is 2.10. The zero-order chi connectivity index (χ0) is 12.5. The molecule has 0 N–H and O–H groups in total. The molecule has 0 atom stereocenters. The fourth-order valence-electron chi connectivity index (χ4n) is 1.57. The fraction of sp³-hybridized carbons (Fsp3) is 0.500. The number of carbonyl (C=O) groups is 1. The third kappa shape index (κ3) is 4.57. The molecule has 94 valence electrons. The maximum Gasteiger partial charge on any atom is 0.192 e. The largest absolute Gasteiger partial charge is 0.496 e. The number of carbonyl (C=O) groups excluding carboxylic acids is 1. The number of hydrogen-bond donors (Lipinski definition) is 0. The van der Waals surface area contributed by atoms with Gasteiger partial charge in [-0.15, -0.1) is 0 Å². The first-order valence-corrected chi connectivity index (χ1v) is 6.03. The van der Waals surface area contributed by atoms with E-state index in [1.165, 1.54) is 0 Å². The van der Waals surface area contributed by atoms with Crippen LogP contribution in [0, 0.1) is 0 Å². The molecule has 0 aliphatic carbocycles. The molecule has 0 aromatic heterocycles. The quantitative estimate of drug-likeness (QED) is 0.514. The van der Waals surface area contributed by atoms with Crippen LogP contribution in [0.1, 0.15) is 36.5 Å². The van der Waals surface area contributed by atoms with Gasteiger partial charge >= 0.3 is 0 Å². The number of hydrogen-bond acceptors (Lipinski definition) is 3. The molecule has 17 heavy (non-hydrogen) atoms. The van der Waals surface area contributed by atoms with E-state index in [2.05, 4.69) is 6.92 Å². The summed E-state index contributed by atoms with van der Waals surface area (Å²) in [5, 5.41) is 0. The molecule has 1 rings (SSSR count). The zero-order valence-corrected chi connectivity index (χ0v) is 10.6. The second-order valence-electron chi connectivity index (χ2n) is 3.88. The van der Waals surface area contributed by atoms with Gasteiger partial charge in [-0.25, -0.2) is 0 Å². The van der Waals surface area contributed by atoms with Crippen molar-refractivity contribution in [2.24, 2.45) is 0 Å². The van der Waals surface area contributed by atoms with Gasteiger partial charge in [-0.1, -0.05) is 31.9 Å². The molecule has 1 aromatic carbocycles. The van der Waals surface area contributed by atoms with E-state index < -0.39 is 0 Å². The Morgan fingerprint density at radius 3 is 2.71 bits per heavy atom. The molecule has 3 heteroatoms. The third-order valence-electron chi connectivity index (χ3n) is 2.53. The Bertz CT molecular complexity index is 347. The highest BCUT2D eigenvalue weighted by molar-refractivity contribution is 5.99. The Hall–Kier alpha value is -1.35. The van der Waals surface area contributed by atoms with E-state index >= 15 is 0 Å². The van der Waals surface area contributed by atoms with Crippen molar-refractivity contribution in [3.05, 3.63) is 29.8 Å². The Morgan fingerprint density at radius 1 is 1.24 bits per heavy atom. The monoisotopic (exact) mass is 236 g/mol. The second kappa shape index (κ2) is 7.85. The van der Waals surface area contributed by atoms with Gasteiger partial charge in [0.1, 0.15) is 12.4 Å². The number of para-hydroxylation sites is 1. The molecule has 0 unspecified atom stereocenters. The number of ketones is 1. The average molecular weight is 236 g/mol. The van der Waals surface area contributed by atoms with E-state index in [0.29, 0.717) is 17.9 Å². The van der Waals surface area contributed by atoms with E-state index in [0.717, 1.165) is 19.3 Å². The first-order chi connectivity index (χ1) is 8.29. The van der Waals surface area contributed by atoms with Gasteiger partial charge in [0.25, 0.3) is 0 Å². The lowest BCUT2D eigenvalue weighted by Crippen LogP contribution is -2.11. The van der Waals surface area contributed by atoms with Crippen LogP contribution in [0.5, 0.6) is 5.75 Å². The van der Waals surface area contributed by atoms with Crippen LogP contribution in [0.3, 0.4) is 0 Å². The van der Waals surface area contributed by atoms with Crippen LogP contribution in [0.4, 0.5) is 0 Å². The van der Waals surface area contributed by atoms with Gasteiger partial charge in [0.05, 0.1) is 12.7 Å². The molecule has 0 fully saturated rings. The number of methoxy groups -OCH3 is 1. The molecular formula is C14H20O3. The Balaban J connectivity index is 2.41. The van der Waals surface area contributed by atoms with Crippen molar-refractivity contribution < 1.29 is 14.3 Å². The summed E-state index contributed by atoms with van der Waals surface area (Å²) in [6.45, 7) is 2.92. The summed E-state index contributed by atoms with van der Waals surface area (Å²) < 4.78 is 10.5. The molecule has 0 saturated carbocycles. The van der Waals surface area contributed by atoms with Gasteiger partial charge in [0.2, 0.25) is 0 Å². The molecule has 1 aromatic rings. The van der Waals surface area contributed by atoms with Crippen molar-refractivity contribution in [1.82, 2.24) is 0 Å². The highest BCUT2D eigenvalue weighted by Crippen LogP contribution is 2.17. The Kier molecular flexibility index (Phi) is 6.33. The summed E-state index contributed by atoms with van der Waals surface area (Å²) in [4.78, 5) is 11.9. The van der Waals surface area contributed by atoms with Crippen LogP contribution in [0.25, 0.3) is 0 Å².